The Morgan fingerprint density at radius 2 is 2.25 bits per heavy atom. The summed E-state index contributed by atoms with van der Waals surface area (Å²) in [5, 5.41) is 8.39. The summed E-state index contributed by atoms with van der Waals surface area (Å²) in [5.41, 5.74) is 0.752. The average Bonchev–Trinajstić information content (AvgIpc) is 2.81. The van der Waals surface area contributed by atoms with Gasteiger partial charge in [0.1, 0.15) is 23.2 Å². The maximum atomic E-state index is 5.90. The fraction of sp³-hybridized carbons (Fsp3) is 0.444. The normalized spacial score (nSPS) is 13.0. The van der Waals surface area contributed by atoms with Gasteiger partial charge < -0.3 is 4.57 Å². The smallest absolute Gasteiger partial charge is 0.131 e. The van der Waals surface area contributed by atoms with Crippen molar-refractivity contribution in [3.8, 4) is 0 Å². The van der Waals surface area contributed by atoms with Crippen molar-refractivity contribution in [2.45, 2.75) is 18.8 Å². The molecule has 0 saturated carbocycles. The predicted octanol–water partition coefficient (Wildman–Crippen LogP) is 2.01. The fourth-order valence-electron chi connectivity index (χ4n) is 1.29. The van der Waals surface area contributed by atoms with Crippen LogP contribution in [0.2, 0.25) is 5.15 Å². The van der Waals surface area contributed by atoms with Crippen LogP contribution in [0.5, 0.6) is 0 Å². The average molecular weight is 260 g/mol. The maximum Gasteiger partial charge on any atom is 0.131 e. The lowest BCUT2D eigenvalue weighted by Gasteiger charge is -2.01. The van der Waals surface area contributed by atoms with Gasteiger partial charge in [0.15, 0.2) is 0 Å². The largest absolute Gasteiger partial charge is 0.321 e. The highest BCUT2D eigenvalue weighted by Gasteiger charge is 2.09. The monoisotopic (exact) mass is 259 g/mol. The maximum absolute atomic E-state index is 5.90. The third-order valence-electron chi connectivity index (χ3n) is 2.30. The van der Waals surface area contributed by atoms with E-state index in [1.165, 1.54) is 0 Å². The van der Waals surface area contributed by atoms with E-state index < -0.39 is 0 Å². The number of rotatable bonds is 3. The third-order valence-corrected chi connectivity index (χ3v) is 2.87. The lowest BCUT2D eigenvalue weighted by atomic mass is 10.4. The highest BCUT2D eigenvalue weighted by Crippen LogP contribution is 2.16. The molecule has 86 valence electrons. The molecule has 0 aliphatic rings. The molecule has 0 spiro atoms. The number of imidazole rings is 1. The van der Waals surface area contributed by atoms with Gasteiger partial charge in [0.25, 0.3) is 0 Å². The molecule has 0 N–H and O–H groups in total. The first-order chi connectivity index (χ1) is 7.58. The molecular formula is C9H11Cl2N5. The Labute approximate surface area is 103 Å². The van der Waals surface area contributed by atoms with Crippen molar-refractivity contribution < 1.29 is 0 Å². The zero-order valence-electron chi connectivity index (χ0n) is 8.93. The van der Waals surface area contributed by atoms with Crippen LogP contribution in [0.1, 0.15) is 23.8 Å². The van der Waals surface area contributed by atoms with E-state index in [4.69, 9.17) is 23.2 Å². The summed E-state index contributed by atoms with van der Waals surface area (Å²) in [6, 6.07) is 0. The molecule has 1 unspecified atom stereocenters. The minimum Gasteiger partial charge on any atom is -0.321 e. The summed E-state index contributed by atoms with van der Waals surface area (Å²) in [5.74, 6) is 0.823. The van der Waals surface area contributed by atoms with Crippen LogP contribution < -0.4 is 0 Å². The van der Waals surface area contributed by atoms with Crippen molar-refractivity contribution in [1.82, 2.24) is 24.5 Å². The van der Waals surface area contributed by atoms with Crippen LogP contribution in [0.3, 0.4) is 0 Å². The lowest BCUT2D eigenvalue weighted by Crippen LogP contribution is -2.06. The van der Waals surface area contributed by atoms with Gasteiger partial charge in [0.2, 0.25) is 0 Å². The zero-order valence-corrected chi connectivity index (χ0v) is 10.4. The lowest BCUT2D eigenvalue weighted by molar-refractivity contribution is 0.607. The summed E-state index contributed by atoms with van der Waals surface area (Å²) in [7, 11) is 1.85. The molecule has 2 rings (SSSR count). The van der Waals surface area contributed by atoms with Crippen LogP contribution in [0.25, 0.3) is 0 Å². The summed E-state index contributed by atoms with van der Waals surface area (Å²) in [6.07, 6.45) is 3.42. The van der Waals surface area contributed by atoms with Crippen molar-refractivity contribution in [1.29, 1.82) is 0 Å². The molecule has 0 aliphatic carbocycles. The number of hydrogen-bond acceptors (Lipinski definition) is 3. The molecule has 2 aromatic heterocycles. The molecule has 0 aliphatic heterocycles. The van der Waals surface area contributed by atoms with Gasteiger partial charge in [0.05, 0.1) is 17.8 Å². The Kier molecular flexibility index (Phi) is 3.16. The van der Waals surface area contributed by atoms with Crippen LogP contribution in [-0.2, 0) is 13.6 Å². The number of alkyl halides is 1. The Balaban J connectivity index is 2.17. The summed E-state index contributed by atoms with van der Waals surface area (Å²) < 4.78 is 3.49. The molecule has 0 saturated heterocycles. The van der Waals surface area contributed by atoms with Crippen LogP contribution in [0.15, 0.2) is 12.4 Å². The van der Waals surface area contributed by atoms with Crippen molar-refractivity contribution in [3.05, 3.63) is 29.1 Å². The minimum absolute atomic E-state index is 0.140. The van der Waals surface area contributed by atoms with Crippen LogP contribution in [0, 0.1) is 0 Å². The molecular weight excluding hydrogens is 249 g/mol. The first-order valence-corrected chi connectivity index (χ1v) is 5.59. The quantitative estimate of drug-likeness (QED) is 0.793. The number of aromatic nitrogens is 5. The molecule has 5 nitrogen and oxygen atoms in total. The number of halogens is 2. The van der Waals surface area contributed by atoms with Gasteiger partial charge in [-0.3, -0.25) is 0 Å². The molecule has 2 aromatic rings. The van der Waals surface area contributed by atoms with E-state index in [1.807, 2.05) is 14.0 Å². The van der Waals surface area contributed by atoms with Gasteiger partial charge in [0, 0.05) is 7.05 Å². The summed E-state index contributed by atoms with van der Waals surface area (Å²) >= 11 is 11.8. The molecule has 0 radical (unpaired) electrons. The Morgan fingerprint density at radius 3 is 2.75 bits per heavy atom. The third kappa shape index (κ3) is 2.20. The number of hydrogen-bond donors (Lipinski definition) is 0. The van der Waals surface area contributed by atoms with Gasteiger partial charge >= 0.3 is 0 Å². The predicted molar refractivity (Wildman–Crippen MR) is 61.6 cm³/mol. The Bertz CT molecular complexity index is 488. The molecule has 0 amide bonds. The first kappa shape index (κ1) is 11.4. The second-order valence-corrected chi connectivity index (χ2v) is 4.56. The van der Waals surface area contributed by atoms with Gasteiger partial charge in [-0.1, -0.05) is 16.8 Å². The van der Waals surface area contributed by atoms with E-state index in [1.54, 1.807) is 21.6 Å². The molecule has 7 heteroatoms. The Hall–Kier alpha value is -1.07. The second-order valence-electron chi connectivity index (χ2n) is 3.51. The van der Waals surface area contributed by atoms with Crippen LogP contribution >= 0.6 is 23.2 Å². The standard InChI is InChI=1S/C9H11Cl2N5/c1-6(10)7-4-16(14-13-7)5-9-12-3-8(11)15(9)2/h3-4,6H,5H2,1-2H3. The van der Waals surface area contributed by atoms with E-state index in [0.29, 0.717) is 11.7 Å². The Morgan fingerprint density at radius 1 is 1.50 bits per heavy atom. The molecule has 0 fully saturated rings. The SMILES string of the molecule is CC(Cl)c1cn(Cc2ncc(Cl)n2C)nn1. The second kappa shape index (κ2) is 4.43. The summed E-state index contributed by atoms with van der Waals surface area (Å²) in [6.45, 7) is 2.38. The van der Waals surface area contributed by atoms with Crippen molar-refractivity contribution >= 4 is 23.2 Å². The summed E-state index contributed by atoms with van der Waals surface area (Å²) in [4.78, 5) is 4.17. The van der Waals surface area contributed by atoms with Crippen molar-refractivity contribution in [2.75, 3.05) is 0 Å². The van der Waals surface area contributed by atoms with E-state index in [9.17, 15) is 0 Å². The highest BCUT2D eigenvalue weighted by molar-refractivity contribution is 6.29. The molecule has 0 aromatic carbocycles. The minimum atomic E-state index is -0.140. The van der Waals surface area contributed by atoms with Gasteiger partial charge in [-0.15, -0.1) is 16.7 Å². The topological polar surface area (TPSA) is 48.5 Å². The van der Waals surface area contributed by atoms with E-state index in [0.717, 1.165) is 11.5 Å². The van der Waals surface area contributed by atoms with E-state index in [-0.39, 0.29) is 5.38 Å². The highest BCUT2D eigenvalue weighted by atomic mass is 35.5. The van der Waals surface area contributed by atoms with Gasteiger partial charge in [-0.25, -0.2) is 9.67 Å². The zero-order chi connectivity index (χ0) is 11.7. The van der Waals surface area contributed by atoms with Gasteiger partial charge in [-0.05, 0) is 6.92 Å². The van der Waals surface area contributed by atoms with Crippen LogP contribution in [0.4, 0.5) is 0 Å². The van der Waals surface area contributed by atoms with E-state index in [2.05, 4.69) is 15.3 Å². The van der Waals surface area contributed by atoms with Crippen molar-refractivity contribution in [3.63, 3.8) is 0 Å². The molecule has 16 heavy (non-hydrogen) atoms. The molecule has 2 heterocycles. The molecule has 1 atom stereocenters. The van der Waals surface area contributed by atoms with Crippen LogP contribution in [-0.4, -0.2) is 24.5 Å². The van der Waals surface area contributed by atoms with Gasteiger partial charge in [-0.2, -0.15) is 0 Å². The fourth-order valence-corrected chi connectivity index (χ4v) is 1.54. The van der Waals surface area contributed by atoms with Crippen molar-refractivity contribution in [2.24, 2.45) is 7.05 Å². The molecule has 0 bridgehead atoms. The first-order valence-electron chi connectivity index (χ1n) is 4.78. The van der Waals surface area contributed by atoms with E-state index >= 15 is 0 Å². The number of nitrogens with zero attached hydrogens (tertiary/aromatic N) is 5.